The second-order valence-corrected chi connectivity index (χ2v) is 12.8. The van der Waals surface area contributed by atoms with Crippen LogP contribution in [0, 0.1) is 0 Å². The number of carbonyl (C=O) groups excluding carboxylic acids is 2. The standard InChI is InChI=1S/C33H41N7O4/c1-8-33(6,7)30-39-38-27-17-14-20(19-40(27)30)44-24-16-15-23(21-12-10-11-13-22(21)24)34-31(42)37-26-18-25(32(3,4)5)35-28(36-26)29(41)43-9-2/h10-14,17-19,23-24H,8-9,15-16H2,1-7H3,(H2,34,35,36,37,42)/t23-,24+/m0/s1. The molecule has 1 aliphatic carbocycles. The van der Waals surface area contributed by atoms with E-state index in [-0.39, 0.29) is 41.2 Å². The fourth-order valence-electron chi connectivity index (χ4n) is 5.24. The lowest BCUT2D eigenvalue weighted by atomic mass is 9.85. The minimum Gasteiger partial charge on any atom is -0.484 e. The molecule has 3 heterocycles. The van der Waals surface area contributed by atoms with Crippen LogP contribution in [-0.4, -0.2) is 43.2 Å². The molecule has 3 aromatic heterocycles. The largest absolute Gasteiger partial charge is 0.484 e. The Bertz CT molecular complexity index is 1670. The van der Waals surface area contributed by atoms with E-state index in [2.05, 4.69) is 51.6 Å². The molecule has 11 heteroatoms. The van der Waals surface area contributed by atoms with E-state index in [4.69, 9.17) is 9.47 Å². The van der Waals surface area contributed by atoms with Gasteiger partial charge in [-0.1, -0.05) is 65.8 Å². The third kappa shape index (κ3) is 6.51. The quantitative estimate of drug-likeness (QED) is 0.221. The summed E-state index contributed by atoms with van der Waals surface area (Å²) >= 11 is 0. The lowest BCUT2D eigenvalue weighted by Crippen LogP contribution is -2.36. The Morgan fingerprint density at radius 1 is 0.977 bits per heavy atom. The number of nitrogens with zero attached hydrogens (tertiary/aromatic N) is 5. The zero-order valence-corrected chi connectivity index (χ0v) is 26.5. The van der Waals surface area contributed by atoms with Gasteiger partial charge in [-0.25, -0.2) is 19.6 Å². The van der Waals surface area contributed by atoms with Gasteiger partial charge in [-0.05, 0) is 49.4 Å². The number of aromatic nitrogens is 5. The minimum atomic E-state index is -0.636. The van der Waals surface area contributed by atoms with E-state index >= 15 is 0 Å². The fourth-order valence-corrected chi connectivity index (χ4v) is 5.24. The van der Waals surface area contributed by atoms with Gasteiger partial charge in [-0.2, -0.15) is 0 Å². The van der Waals surface area contributed by atoms with Crippen molar-refractivity contribution in [3.63, 3.8) is 0 Å². The number of rotatable bonds is 8. The van der Waals surface area contributed by atoms with E-state index < -0.39 is 12.0 Å². The summed E-state index contributed by atoms with van der Waals surface area (Å²) in [5.41, 5.74) is 2.90. The number of amides is 2. The summed E-state index contributed by atoms with van der Waals surface area (Å²) in [5, 5.41) is 14.7. The Balaban J connectivity index is 1.33. The highest BCUT2D eigenvalue weighted by molar-refractivity contribution is 5.90. The summed E-state index contributed by atoms with van der Waals surface area (Å²) < 4.78 is 13.7. The highest BCUT2D eigenvalue weighted by atomic mass is 16.5. The molecule has 11 nitrogen and oxygen atoms in total. The molecule has 0 aliphatic heterocycles. The van der Waals surface area contributed by atoms with Crippen LogP contribution in [-0.2, 0) is 15.6 Å². The van der Waals surface area contributed by atoms with E-state index in [0.717, 1.165) is 34.8 Å². The zero-order valence-electron chi connectivity index (χ0n) is 26.5. The van der Waals surface area contributed by atoms with Crippen LogP contribution in [0.1, 0.15) is 113 Å². The van der Waals surface area contributed by atoms with Gasteiger partial charge < -0.3 is 14.8 Å². The van der Waals surface area contributed by atoms with Crippen molar-refractivity contribution in [3.05, 3.63) is 77.1 Å². The molecule has 0 bridgehead atoms. The first-order valence-corrected chi connectivity index (χ1v) is 15.1. The second-order valence-electron chi connectivity index (χ2n) is 12.8. The molecule has 0 radical (unpaired) electrons. The van der Waals surface area contributed by atoms with Gasteiger partial charge in [0.2, 0.25) is 5.82 Å². The first-order chi connectivity index (χ1) is 20.9. The van der Waals surface area contributed by atoms with E-state index in [1.807, 2.05) is 67.8 Å². The third-order valence-corrected chi connectivity index (χ3v) is 8.08. The van der Waals surface area contributed by atoms with Gasteiger partial charge in [0.1, 0.15) is 23.5 Å². The monoisotopic (exact) mass is 599 g/mol. The molecular formula is C33H41N7O4. The number of ether oxygens (including phenoxy) is 2. The molecule has 0 saturated heterocycles. The summed E-state index contributed by atoms with van der Waals surface area (Å²) in [4.78, 5) is 34.3. The molecule has 44 heavy (non-hydrogen) atoms. The maximum atomic E-state index is 13.2. The smallest absolute Gasteiger partial charge is 0.376 e. The zero-order chi connectivity index (χ0) is 31.6. The SMILES string of the molecule is CCOC(=O)c1nc(NC(=O)N[C@H]2CC[C@@H](Oc3ccc4nnc(C(C)(C)CC)n4c3)c3ccccc32)cc(C(C)(C)C)n1. The Labute approximate surface area is 257 Å². The molecular weight excluding hydrogens is 558 g/mol. The van der Waals surface area contributed by atoms with Gasteiger partial charge >= 0.3 is 12.0 Å². The Morgan fingerprint density at radius 2 is 1.73 bits per heavy atom. The minimum absolute atomic E-state index is 0.0902. The van der Waals surface area contributed by atoms with Gasteiger partial charge in [-0.15, -0.1) is 10.2 Å². The number of urea groups is 1. The number of benzene rings is 1. The molecule has 1 aromatic carbocycles. The summed E-state index contributed by atoms with van der Waals surface area (Å²) in [6, 6.07) is 12.9. The lowest BCUT2D eigenvalue weighted by Gasteiger charge is -2.32. The van der Waals surface area contributed by atoms with Gasteiger partial charge in [-0.3, -0.25) is 9.72 Å². The summed E-state index contributed by atoms with van der Waals surface area (Å²) in [6.45, 7) is 14.3. The van der Waals surface area contributed by atoms with Crippen LogP contribution < -0.4 is 15.4 Å². The van der Waals surface area contributed by atoms with Gasteiger partial charge in [0.25, 0.3) is 0 Å². The highest BCUT2D eigenvalue weighted by Crippen LogP contribution is 2.39. The molecule has 0 unspecified atom stereocenters. The molecule has 1 aliphatic rings. The highest BCUT2D eigenvalue weighted by Gasteiger charge is 2.30. The first-order valence-electron chi connectivity index (χ1n) is 15.1. The average Bonchev–Trinajstić information content (AvgIpc) is 3.42. The average molecular weight is 600 g/mol. The summed E-state index contributed by atoms with van der Waals surface area (Å²) in [5.74, 6) is 1.12. The number of nitrogens with one attached hydrogen (secondary N) is 2. The Hall–Kier alpha value is -4.54. The van der Waals surface area contributed by atoms with Crippen molar-refractivity contribution < 1.29 is 19.1 Å². The Kier molecular flexibility index (Phi) is 8.58. The number of esters is 1. The van der Waals surface area contributed by atoms with Crippen LogP contribution in [0.5, 0.6) is 5.75 Å². The number of carbonyl (C=O) groups is 2. The summed E-state index contributed by atoms with van der Waals surface area (Å²) in [6.07, 6.45) is 4.07. The fraction of sp³-hybridized carbons (Fsp3) is 0.455. The predicted octanol–water partition coefficient (Wildman–Crippen LogP) is 6.46. The van der Waals surface area contributed by atoms with E-state index in [0.29, 0.717) is 18.5 Å². The van der Waals surface area contributed by atoms with E-state index in [1.54, 1.807) is 13.0 Å². The second kappa shape index (κ2) is 12.2. The van der Waals surface area contributed by atoms with Crippen molar-refractivity contribution in [1.82, 2.24) is 29.9 Å². The van der Waals surface area contributed by atoms with Crippen molar-refractivity contribution in [1.29, 1.82) is 0 Å². The Morgan fingerprint density at radius 3 is 2.43 bits per heavy atom. The molecule has 2 N–H and O–H groups in total. The molecule has 4 aromatic rings. The predicted molar refractivity (Wildman–Crippen MR) is 167 cm³/mol. The van der Waals surface area contributed by atoms with Gasteiger partial charge in [0, 0.05) is 16.9 Å². The maximum Gasteiger partial charge on any atom is 0.376 e. The van der Waals surface area contributed by atoms with Crippen LogP contribution in [0.2, 0.25) is 0 Å². The van der Waals surface area contributed by atoms with Crippen LogP contribution in [0.3, 0.4) is 0 Å². The number of fused-ring (bicyclic) bond motifs is 2. The van der Waals surface area contributed by atoms with Crippen molar-refractivity contribution in [2.24, 2.45) is 0 Å². The number of anilines is 1. The van der Waals surface area contributed by atoms with Crippen LogP contribution in [0.4, 0.5) is 10.6 Å². The van der Waals surface area contributed by atoms with Gasteiger partial charge in [0.15, 0.2) is 5.65 Å². The topological polar surface area (TPSA) is 133 Å². The van der Waals surface area contributed by atoms with Crippen LogP contribution in [0.15, 0.2) is 48.7 Å². The van der Waals surface area contributed by atoms with Crippen LogP contribution >= 0.6 is 0 Å². The molecule has 0 saturated carbocycles. The molecule has 5 rings (SSSR count). The molecule has 0 spiro atoms. The molecule has 2 amide bonds. The summed E-state index contributed by atoms with van der Waals surface area (Å²) in [7, 11) is 0. The molecule has 232 valence electrons. The maximum absolute atomic E-state index is 13.2. The number of pyridine rings is 1. The van der Waals surface area contributed by atoms with E-state index in [9.17, 15) is 9.59 Å². The van der Waals surface area contributed by atoms with E-state index in [1.165, 1.54) is 0 Å². The van der Waals surface area contributed by atoms with Crippen molar-refractivity contribution in [2.75, 3.05) is 11.9 Å². The van der Waals surface area contributed by atoms with Crippen molar-refractivity contribution >= 4 is 23.5 Å². The van der Waals surface area contributed by atoms with Crippen LogP contribution in [0.25, 0.3) is 5.65 Å². The van der Waals surface area contributed by atoms with Gasteiger partial charge in [0.05, 0.1) is 24.5 Å². The van der Waals surface area contributed by atoms with Crippen molar-refractivity contribution in [2.45, 2.75) is 90.7 Å². The first kappa shape index (κ1) is 30.9. The number of hydrogen-bond donors (Lipinski definition) is 2. The normalized spacial score (nSPS) is 16.7. The van der Waals surface area contributed by atoms with Crippen molar-refractivity contribution in [3.8, 4) is 5.75 Å². The molecule has 0 fully saturated rings. The number of hydrogen-bond acceptors (Lipinski definition) is 8. The molecule has 2 atom stereocenters. The lowest BCUT2D eigenvalue weighted by molar-refractivity contribution is 0.0511. The third-order valence-electron chi connectivity index (χ3n) is 8.08.